The molecular weight excluding hydrogens is 423 g/mol. The van der Waals surface area contributed by atoms with E-state index in [0.29, 0.717) is 6.42 Å². The van der Waals surface area contributed by atoms with Crippen LogP contribution in [0, 0.1) is 0 Å². The minimum Gasteiger partial charge on any atom is -0.746 e. The van der Waals surface area contributed by atoms with Crippen LogP contribution in [-0.4, -0.2) is 23.0 Å². The van der Waals surface area contributed by atoms with Crippen molar-refractivity contribution in [3.05, 3.63) is 0 Å². The Morgan fingerprint density at radius 1 is 0.600 bits per heavy atom. The molecule has 0 aromatic carbocycles. The van der Waals surface area contributed by atoms with E-state index in [9.17, 15) is 18.1 Å². The van der Waals surface area contributed by atoms with Crippen molar-refractivity contribution in [3.8, 4) is 0 Å². The molecule has 176 valence electrons. The predicted octanol–water partition coefficient (Wildman–Crippen LogP) is 4.46. The van der Waals surface area contributed by atoms with Gasteiger partial charge < -0.3 is 9.66 Å². The molecule has 1 N–H and O–H groups in total. The predicted molar refractivity (Wildman–Crippen MR) is 123 cm³/mol. The van der Waals surface area contributed by atoms with Gasteiger partial charge in [-0.15, -0.1) is 0 Å². The summed E-state index contributed by atoms with van der Waals surface area (Å²) in [5, 5.41) is 9.90. The van der Waals surface area contributed by atoms with E-state index in [4.69, 9.17) is 0 Å². The van der Waals surface area contributed by atoms with Crippen molar-refractivity contribution in [2.45, 2.75) is 154 Å². The van der Waals surface area contributed by atoms with Gasteiger partial charge in [-0.05, 0) is 19.3 Å². The fourth-order valence-electron chi connectivity index (χ4n) is 3.96. The second kappa shape index (κ2) is 22.3. The zero-order valence-corrected chi connectivity index (χ0v) is 24.4. The van der Waals surface area contributed by atoms with Gasteiger partial charge in [0.05, 0.1) is 0 Å². The summed E-state index contributed by atoms with van der Waals surface area (Å²) in [6.45, 7) is 3.82. The Morgan fingerprint density at radius 3 is 1.10 bits per heavy atom. The molecule has 0 heterocycles. The first-order valence-electron chi connectivity index (χ1n) is 12.5. The first kappa shape index (κ1) is 33.7. The van der Waals surface area contributed by atoms with Gasteiger partial charge in [-0.25, -0.2) is 8.42 Å². The summed E-state index contributed by atoms with van der Waals surface area (Å²) in [6, 6.07) is 0. The van der Waals surface area contributed by atoms with Gasteiger partial charge in [-0.1, -0.05) is 129 Å². The normalized spacial score (nSPS) is 13.7. The molecule has 6 heteroatoms. The topological polar surface area (TPSA) is 77.4 Å². The molecule has 0 radical (unpaired) electrons. The molecule has 0 saturated heterocycles. The summed E-state index contributed by atoms with van der Waals surface area (Å²) < 4.78 is 33.3. The van der Waals surface area contributed by atoms with E-state index in [1.807, 2.05) is 0 Å². The van der Waals surface area contributed by atoms with Gasteiger partial charge in [0.25, 0.3) is 0 Å². The van der Waals surface area contributed by atoms with E-state index in [1.165, 1.54) is 96.3 Å². The Labute approximate surface area is 230 Å². The van der Waals surface area contributed by atoms with Crippen LogP contribution < -0.4 is 51.4 Å². The van der Waals surface area contributed by atoms with E-state index in [0.717, 1.165) is 19.3 Å². The molecule has 0 aliphatic rings. The molecular formula is C24H49KO4S. The Kier molecular flexibility index (Phi) is 25.0. The van der Waals surface area contributed by atoms with Crippen molar-refractivity contribution in [1.29, 1.82) is 0 Å². The van der Waals surface area contributed by atoms with Crippen molar-refractivity contribution >= 4 is 10.1 Å². The monoisotopic (exact) mass is 472 g/mol. The van der Waals surface area contributed by atoms with E-state index in [1.54, 1.807) is 6.92 Å². The molecule has 0 aromatic heterocycles. The number of hydrogen-bond acceptors (Lipinski definition) is 4. The molecule has 0 fully saturated rings. The second-order valence-electron chi connectivity index (χ2n) is 8.87. The molecule has 4 nitrogen and oxygen atoms in total. The summed E-state index contributed by atoms with van der Waals surface area (Å²) in [6.07, 6.45) is 24.3. The van der Waals surface area contributed by atoms with Crippen molar-refractivity contribution < 1.29 is 69.5 Å². The van der Waals surface area contributed by atoms with Gasteiger partial charge in [0, 0.05) is 0 Å². The number of aliphatic hydroxyl groups is 1. The van der Waals surface area contributed by atoms with Crippen molar-refractivity contribution in [1.82, 2.24) is 0 Å². The van der Waals surface area contributed by atoms with Crippen LogP contribution in [0.3, 0.4) is 0 Å². The molecule has 0 amide bonds. The Hall–Kier alpha value is 1.51. The molecule has 0 aromatic rings. The molecule has 0 aliphatic carbocycles. The summed E-state index contributed by atoms with van der Waals surface area (Å²) in [4.78, 5) is -2.07. The van der Waals surface area contributed by atoms with Crippen LogP contribution in [0.2, 0.25) is 0 Å². The van der Waals surface area contributed by atoms with Crippen molar-refractivity contribution in [2.24, 2.45) is 0 Å². The largest absolute Gasteiger partial charge is 1.00 e. The van der Waals surface area contributed by atoms with E-state index >= 15 is 0 Å². The van der Waals surface area contributed by atoms with Gasteiger partial charge in [0.2, 0.25) is 0 Å². The Bertz CT molecular complexity index is 456. The van der Waals surface area contributed by atoms with E-state index < -0.39 is 15.1 Å². The fourth-order valence-corrected chi connectivity index (χ4v) is 4.71. The van der Waals surface area contributed by atoms with Gasteiger partial charge >= 0.3 is 51.4 Å². The average Bonchev–Trinajstić information content (AvgIpc) is 2.68. The summed E-state index contributed by atoms with van der Waals surface area (Å²) in [5.74, 6) is 0. The number of unbranched alkanes of at least 4 members (excludes halogenated alkanes) is 18. The van der Waals surface area contributed by atoms with Gasteiger partial charge in [0.1, 0.15) is 10.1 Å². The molecule has 0 bridgehead atoms. The van der Waals surface area contributed by atoms with E-state index in [-0.39, 0.29) is 64.2 Å². The summed E-state index contributed by atoms with van der Waals surface area (Å²) >= 11 is 0. The zero-order chi connectivity index (χ0) is 21.8. The first-order valence-corrected chi connectivity index (χ1v) is 14.0. The first-order chi connectivity index (χ1) is 13.9. The van der Waals surface area contributed by atoms with Crippen molar-refractivity contribution in [2.75, 3.05) is 0 Å². The second-order valence-corrected chi connectivity index (χ2v) is 10.5. The molecule has 0 saturated carbocycles. The fraction of sp³-hybridized carbons (Fsp3) is 1.00. The summed E-state index contributed by atoms with van der Waals surface area (Å²) in [7, 11) is -4.63. The maximum Gasteiger partial charge on any atom is 1.00 e. The van der Waals surface area contributed by atoms with E-state index in [2.05, 4.69) is 6.92 Å². The number of hydrogen-bond donors (Lipinski definition) is 1. The van der Waals surface area contributed by atoms with Crippen LogP contribution in [0.25, 0.3) is 0 Å². The van der Waals surface area contributed by atoms with Gasteiger partial charge in [0.15, 0.2) is 4.93 Å². The standard InChI is InChI=1S/C24H50O4S.K/c1-3-5-6-7-8-9-10-11-12-13-14-15-16-17-18-19-20-21-22-23-24(25,4-2)29(26,27)28;/h25H,3-23H2,1-2H3,(H,26,27,28);/q;+1/p-1. The SMILES string of the molecule is CCCCCCCCCCCCCCCCCCCCCC(O)(CC)S(=O)(=O)[O-].[K+]. The molecule has 0 rings (SSSR count). The molecule has 30 heavy (non-hydrogen) atoms. The maximum atomic E-state index is 11.1. The van der Waals surface area contributed by atoms with Crippen LogP contribution in [0.4, 0.5) is 0 Å². The van der Waals surface area contributed by atoms with Gasteiger partial charge in [-0.3, -0.25) is 0 Å². The van der Waals surface area contributed by atoms with Gasteiger partial charge in [-0.2, -0.15) is 0 Å². The number of rotatable bonds is 22. The van der Waals surface area contributed by atoms with Crippen LogP contribution in [0.1, 0.15) is 149 Å². The minimum atomic E-state index is -4.63. The maximum absolute atomic E-state index is 11.1. The van der Waals surface area contributed by atoms with Crippen LogP contribution in [0.15, 0.2) is 0 Å². The molecule has 1 unspecified atom stereocenters. The zero-order valence-electron chi connectivity index (χ0n) is 20.4. The average molecular weight is 473 g/mol. The Balaban J connectivity index is 0. The third-order valence-corrected chi connectivity index (χ3v) is 7.61. The van der Waals surface area contributed by atoms with Crippen molar-refractivity contribution in [3.63, 3.8) is 0 Å². The Morgan fingerprint density at radius 2 is 0.867 bits per heavy atom. The molecule has 0 aliphatic heterocycles. The third-order valence-electron chi connectivity index (χ3n) is 6.19. The van der Waals surface area contributed by atoms with Crippen LogP contribution in [-0.2, 0) is 10.1 Å². The smallest absolute Gasteiger partial charge is 0.746 e. The van der Waals surface area contributed by atoms with Crippen LogP contribution >= 0.6 is 0 Å². The molecule has 0 spiro atoms. The quantitative estimate of drug-likeness (QED) is 0.143. The third kappa shape index (κ3) is 19.0. The summed E-state index contributed by atoms with van der Waals surface area (Å²) in [5.41, 5.74) is 0. The van der Waals surface area contributed by atoms with Crippen LogP contribution in [0.5, 0.6) is 0 Å². The minimum absolute atomic E-state index is 0. The molecule has 1 atom stereocenters.